The Bertz CT molecular complexity index is 323. The Morgan fingerprint density at radius 2 is 1.95 bits per heavy atom. The van der Waals surface area contributed by atoms with Gasteiger partial charge >= 0.3 is 0 Å². The summed E-state index contributed by atoms with van der Waals surface area (Å²) in [6.45, 7) is 3.26. The van der Waals surface area contributed by atoms with E-state index in [1.54, 1.807) is 0 Å². The van der Waals surface area contributed by atoms with Crippen molar-refractivity contribution in [1.82, 2.24) is 10.6 Å². The van der Waals surface area contributed by atoms with Crippen LogP contribution in [0.4, 0.5) is 0 Å². The third-order valence-electron chi connectivity index (χ3n) is 5.62. The van der Waals surface area contributed by atoms with E-state index in [1.807, 2.05) is 0 Å². The van der Waals surface area contributed by atoms with Gasteiger partial charge in [0.15, 0.2) is 0 Å². The molecule has 0 aromatic rings. The lowest BCUT2D eigenvalue weighted by atomic mass is 9.81. The summed E-state index contributed by atoms with van der Waals surface area (Å²) < 4.78 is 0. The molecular weight excluding hydrogens is 236 g/mol. The minimum atomic E-state index is 0.255. The van der Waals surface area contributed by atoms with Crippen LogP contribution >= 0.6 is 0 Å². The van der Waals surface area contributed by atoms with Gasteiger partial charge in [0.1, 0.15) is 0 Å². The molecule has 1 aliphatic carbocycles. The number of nitrogens with one attached hydrogen (secondary N) is 2. The molecular formula is C16H28N2O. The van der Waals surface area contributed by atoms with Gasteiger partial charge in [-0.1, -0.05) is 32.6 Å². The minimum absolute atomic E-state index is 0.255. The maximum absolute atomic E-state index is 12.2. The molecule has 1 amide bonds. The smallest absolute Gasteiger partial charge is 0.224 e. The van der Waals surface area contributed by atoms with Crippen LogP contribution in [0.1, 0.15) is 58.3 Å². The number of carbonyl (C=O) groups excluding carboxylic acids is 1. The number of hydrogen-bond donors (Lipinski definition) is 2. The van der Waals surface area contributed by atoms with Crippen LogP contribution in [-0.4, -0.2) is 24.5 Å². The second kappa shape index (κ2) is 5.82. The normalized spacial score (nSPS) is 41.4. The van der Waals surface area contributed by atoms with Crippen molar-refractivity contribution in [2.75, 3.05) is 6.54 Å². The van der Waals surface area contributed by atoms with Crippen LogP contribution < -0.4 is 10.6 Å². The number of amides is 1. The summed E-state index contributed by atoms with van der Waals surface area (Å²) in [5.41, 5.74) is 0. The molecule has 2 bridgehead atoms. The van der Waals surface area contributed by atoms with Crippen LogP contribution in [0.15, 0.2) is 0 Å². The maximum Gasteiger partial charge on any atom is 0.224 e. The van der Waals surface area contributed by atoms with Gasteiger partial charge in [0, 0.05) is 18.6 Å². The Labute approximate surface area is 116 Å². The van der Waals surface area contributed by atoms with Crippen LogP contribution in [0.2, 0.25) is 0 Å². The molecule has 3 fully saturated rings. The molecule has 3 aliphatic rings. The Kier molecular flexibility index (Phi) is 4.11. The van der Waals surface area contributed by atoms with Gasteiger partial charge in [0.2, 0.25) is 5.91 Å². The standard InChI is InChI=1S/C16H28N2O/c1-11-2-4-12(5-3-11)8-9-17-16(19)14-10-13-6-7-15(14)18-13/h11-15,18H,2-10H2,1H3,(H,17,19). The van der Waals surface area contributed by atoms with E-state index in [-0.39, 0.29) is 5.92 Å². The molecule has 3 nitrogen and oxygen atoms in total. The first-order chi connectivity index (χ1) is 9.22. The molecule has 3 atom stereocenters. The van der Waals surface area contributed by atoms with E-state index >= 15 is 0 Å². The monoisotopic (exact) mass is 264 g/mol. The summed E-state index contributed by atoms with van der Waals surface area (Å²) in [5.74, 6) is 2.34. The number of rotatable bonds is 4. The van der Waals surface area contributed by atoms with Crippen molar-refractivity contribution in [1.29, 1.82) is 0 Å². The zero-order valence-electron chi connectivity index (χ0n) is 12.2. The Balaban J connectivity index is 1.35. The zero-order chi connectivity index (χ0) is 13.2. The molecule has 1 saturated carbocycles. The van der Waals surface area contributed by atoms with E-state index < -0.39 is 0 Å². The quantitative estimate of drug-likeness (QED) is 0.819. The topological polar surface area (TPSA) is 41.1 Å². The molecule has 2 saturated heterocycles. The number of hydrogen-bond acceptors (Lipinski definition) is 2. The van der Waals surface area contributed by atoms with E-state index in [1.165, 1.54) is 44.9 Å². The van der Waals surface area contributed by atoms with E-state index in [9.17, 15) is 4.79 Å². The maximum atomic E-state index is 12.2. The predicted octanol–water partition coefficient (Wildman–Crippen LogP) is 2.46. The van der Waals surface area contributed by atoms with Crippen molar-refractivity contribution in [2.45, 2.75) is 70.4 Å². The average molecular weight is 264 g/mol. The number of carbonyl (C=O) groups is 1. The van der Waals surface area contributed by atoms with Gasteiger partial charge in [0.05, 0.1) is 5.92 Å². The highest BCUT2D eigenvalue weighted by Gasteiger charge is 2.42. The lowest BCUT2D eigenvalue weighted by Crippen LogP contribution is -2.38. The van der Waals surface area contributed by atoms with Crippen LogP contribution in [0.3, 0.4) is 0 Å². The Hall–Kier alpha value is -0.570. The van der Waals surface area contributed by atoms with Crippen molar-refractivity contribution in [3.05, 3.63) is 0 Å². The molecule has 0 aromatic heterocycles. The second-order valence-electron chi connectivity index (χ2n) is 7.10. The minimum Gasteiger partial charge on any atom is -0.356 e. The van der Waals surface area contributed by atoms with E-state index in [4.69, 9.17) is 0 Å². The van der Waals surface area contributed by atoms with Gasteiger partial charge in [-0.25, -0.2) is 0 Å². The Morgan fingerprint density at radius 1 is 1.16 bits per heavy atom. The van der Waals surface area contributed by atoms with Crippen LogP contribution in [0.25, 0.3) is 0 Å². The SMILES string of the molecule is CC1CCC(CCNC(=O)C2CC3CCC2N3)CC1. The number of fused-ring (bicyclic) bond motifs is 2. The summed E-state index contributed by atoms with van der Waals surface area (Å²) in [6.07, 6.45) is 10.2. The molecule has 3 heteroatoms. The van der Waals surface area contributed by atoms with Gasteiger partial charge in [-0.2, -0.15) is 0 Å². The van der Waals surface area contributed by atoms with Gasteiger partial charge in [-0.3, -0.25) is 4.79 Å². The molecule has 3 unspecified atom stereocenters. The van der Waals surface area contributed by atoms with Gasteiger partial charge in [-0.15, -0.1) is 0 Å². The highest BCUT2D eigenvalue weighted by Crippen LogP contribution is 2.33. The molecule has 2 aliphatic heterocycles. The second-order valence-corrected chi connectivity index (χ2v) is 7.10. The fourth-order valence-corrected chi connectivity index (χ4v) is 4.26. The van der Waals surface area contributed by atoms with Crippen molar-refractivity contribution in [2.24, 2.45) is 17.8 Å². The average Bonchev–Trinajstić information content (AvgIpc) is 3.03. The summed E-state index contributed by atoms with van der Waals surface area (Å²) in [4.78, 5) is 12.2. The zero-order valence-corrected chi connectivity index (χ0v) is 12.2. The third kappa shape index (κ3) is 3.13. The van der Waals surface area contributed by atoms with E-state index in [2.05, 4.69) is 17.6 Å². The lowest BCUT2D eigenvalue weighted by molar-refractivity contribution is -0.125. The molecule has 3 rings (SSSR count). The molecule has 0 radical (unpaired) electrons. The van der Waals surface area contributed by atoms with Crippen LogP contribution in [0, 0.1) is 17.8 Å². The molecule has 0 spiro atoms. The molecule has 2 N–H and O–H groups in total. The van der Waals surface area contributed by atoms with Crippen molar-refractivity contribution in [3.63, 3.8) is 0 Å². The first-order valence-corrected chi connectivity index (χ1v) is 8.26. The first-order valence-electron chi connectivity index (χ1n) is 8.26. The first kappa shape index (κ1) is 13.4. The highest BCUT2D eigenvalue weighted by atomic mass is 16.1. The molecule has 2 heterocycles. The summed E-state index contributed by atoms with van der Waals surface area (Å²) in [6, 6.07) is 1.10. The van der Waals surface area contributed by atoms with Crippen LogP contribution in [-0.2, 0) is 4.79 Å². The van der Waals surface area contributed by atoms with E-state index in [0.29, 0.717) is 18.0 Å². The summed E-state index contributed by atoms with van der Waals surface area (Å²) in [7, 11) is 0. The van der Waals surface area contributed by atoms with Gasteiger partial charge in [-0.05, 0) is 37.5 Å². The Morgan fingerprint density at radius 3 is 2.58 bits per heavy atom. The van der Waals surface area contributed by atoms with Crippen LogP contribution in [0.5, 0.6) is 0 Å². The van der Waals surface area contributed by atoms with Crippen molar-refractivity contribution >= 4 is 5.91 Å². The molecule has 108 valence electrons. The molecule has 0 aromatic carbocycles. The van der Waals surface area contributed by atoms with Crippen molar-refractivity contribution in [3.8, 4) is 0 Å². The van der Waals surface area contributed by atoms with Gasteiger partial charge in [0.25, 0.3) is 0 Å². The highest BCUT2D eigenvalue weighted by molar-refractivity contribution is 5.80. The summed E-state index contributed by atoms with van der Waals surface area (Å²) >= 11 is 0. The fraction of sp³-hybridized carbons (Fsp3) is 0.938. The lowest BCUT2D eigenvalue weighted by Gasteiger charge is -2.26. The van der Waals surface area contributed by atoms with Crippen molar-refractivity contribution < 1.29 is 4.79 Å². The largest absolute Gasteiger partial charge is 0.356 e. The fourth-order valence-electron chi connectivity index (χ4n) is 4.26. The van der Waals surface area contributed by atoms with Gasteiger partial charge < -0.3 is 10.6 Å². The predicted molar refractivity (Wildman–Crippen MR) is 76.8 cm³/mol. The summed E-state index contributed by atoms with van der Waals surface area (Å²) in [5, 5.41) is 6.73. The third-order valence-corrected chi connectivity index (χ3v) is 5.62. The van der Waals surface area contributed by atoms with E-state index in [0.717, 1.165) is 24.8 Å². The molecule has 19 heavy (non-hydrogen) atoms.